The van der Waals surface area contributed by atoms with E-state index in [4.69, 9.17) is 0 Å². The van der Waals surface area contributed by atoms with Crippen LogP contribution in [0.1, 0.15) is 50.5 Å². The van der Waals surface area contributed by atoms with E-state index < -0.39 is 0 Å². The Balaban J connectivity index is 1.76. The summed E-state index contributed by atoms with van der Waals surface area (Å²) in [4.78, 5) is 2.47. The van der Waals surface area contributed by atoms with Crippen molar-refractivity contribution >= 4 is 0 Å². The zero-order chi connectivity index (χ0) is 13.8. The van der Waals surface area contributed by atoms with Crippen LogP contribution in [0.5, 0.6) is 0 Å². The van der Waals surface area contributed by atoms with Crippen LogP contribution in [-0.2, 0) is 5.41 Å². The first-order valence-corrected chi connectivity index (χ1v) is 8.27. The molecule has 3 rings (SSSR count). The zero-order valence-corrected chi connectivity index (χ0v) is 12.4. The predicted molar refractivity (Wildman–Crippen MR) is 82.9 cm³/mol. The highest BCUT2D eigenvalue weighted by atomic mass is 16.3. The van der Waals surface area contributed by atoms with Gasteiger partial charge in [0.05, 0.1) is 6.10 Å². The number of benzene rings is 1. The van der Waals surface area contributed by atoms with Crippen LogP contribution in [0.2, 0.25) is 0 Å². The van der Waals surface area contributed by atoms with E-state index in [0.29, 0.717) is 0 Å². The minimum atomic E-state index is -0.217. The summed E-state index contributed by atoms with van der Waals surface area (Å²) in [5, 5.41) is 11.0. The molecule has 2 nitrogen and oxygen atoms in total. The molecule has 1 aromatic carbocycles. The Morgan fingerprint density at radius 2 is 1.60 bits per heavy atom. The van der Waals surface area contributed by atoms with Gasteiger partial charge in [-0.25, -0.2) is 0 Å². The second kappa shape index (κ2) is 6.28. The van der Waals surface area contributed by atoms with Gasteiger partial charge in [-0.15, -0.1) is 0 Å². The van der Waals surface area contributed by atoms with Crippen molar-refractivity contribution in [3.8, 4) is 0 Å². The fraction of sp³-hybridized carbons (Fsp3) is 0.667. The molecule has 20 heavy (non-hydrogen) atoms. The SMILES string of the molecule is O[C@@H](CN1CCCCC1)C1(c2ccccc2)CCCC1. The van der Waals surface area contributed by atoms with E-state index in [-0.39, 0.29) is 11.5 Å². The average molecular weight is 273 g/mol. The third kappa shape index (κ3) is 2.77. The number of β-amino-alcohol motifs (C(OH)–C–C–N with tert-alkyl or cyclic N) is 1. The normalized spacial score (nSPS) is 24.6. The molecule has 1 aliphatic carbocycles. The van der Waals surface area contributed by atoms with E-state index in [9.17, 15) is 5.11 Å². The summed E-state index contributed by atoms with van der Waals surface area (Å²) in [6, 6.07) is 10.7. The Morgan fingerprint density at radius 1 is 0.950 bits per heavy atom. The molecular weight excluding hydrogens is 246 g/mol. The van der Waals surface area contributed by atoms with Crippen molar-refractivity contribution in [3.05, 3.63) is 35.9 Å². The maximum absolute atomic E-state index is 11.0. The Kier molecular flexibility index (Phi) is 4.42. The molecule has 2 heteroatoms. The second-order valence-corrected chi connectivity index (χ2v) is 6.61. The van der Waals surface area contributed by atoms with Gasteiger partial charge in [-0.2, -0.15) is 0 Å². The maximum atomic E-state index is 11.0. The lowest BCUT2D eigenvalue weighted by Crippen LogP contribution is -2.46. The standard InChI is InChI=1S/C18H27NO/c20-17(15-19-13-7-2-8-14-19)18(11-5-6-12-18)16-9-3-1-4-10-16/h1,3-4,9-10,17,20H,2,5-8,11-15H2/t17-/m0/s1. The molecule has 1 aliphatic heterocycles. The van der Waals surface area contributed by atoms with Gasteiger partial charge in [0.25, 0.3) is 0 Å². The van der Waals surface area contributed by atoms with Crippen LogP contribution in [0.3, 0.4) is 0 Å². The maximum Gasteiger partial charge on any atom is 0.0763 e. The summed E-state index contributed by atoms with van der Waals surface area (Å²) in [6.07, 6.45) is 8.54. The molecule has 0 spiro atoms. The van der Waals surface area contributed by atoms with Crippen molar-refractivity contribution in [1.29, 1.82) is 0 Å². The molecule has 1 aromatic rings. The van der Waals surface area contributed by atoms with Crippen LogP contribution in [0.4, 0.5) is 0 Å². The number of likely N-dealkylation sites (tertiary alicyclic amines) is 1. The number of nitrogens with zero attached hydrogens (tertiary/aromatic N) is 1. The minimum absolute atomic E-state index is 0.0126. The molecule has 0 unspecified atom stereocenters. The van der Waals surface area contributed by atoms with Gasteiger partial charge in [-0.3, -0.25) is 0 Å². The highest BCUT2D eigenvalue weighted by Gasteiger charge is 2.42. The van der Waals surface area contributed by atoms with Gasteiger partial charge >= 0.3 is 0 Å². The van der Waals surface area contributed by atoms with Gasteiger partial charge < -0.3 is 10.0 Å². The van der Waals surface area contributed by atoms with Crippen LogP contribution in [0.25, 0.3) is 0 Å². The quantitative estimate of drug-likeness (QED) is 0.909. The van der Waals surface area contributed by atoms with E-state index >= 15 is 0 Å². The van der Waals surface area contributed by atoms with E-state index in [0.717, 1.165) is 19.4 Å². The molecular formula is C18H27NO. The molecule has 0 amide bonds. The van der Waals surface area contributed by atoms with Crippen molar-refractivity contribution in [2.24, 2.45) is 0 Å². The number of aliphatic hydroxyl groups is 1. The Bertz CT molecular complexity index is 405. The lowest BCUT2D eigenvalue weighted by atomic mass is 9.74. The summed E-state index contributed by atoms with van der Waals surface area (Å²) in [5.41, 5.74) is 1.36. The van der Waals surface area contributed by atoms with Crippen molar-refractivity contribution in [2.75, 3.05) is 19.6 Å². The summed E-state index contributed by atoms with van der Waals surface area (Å²) in [7, 11) is 0. The van der Waals surface area contributed by atoms with E-state index in [1.807, 2.05) is 0 Å². The zero-order valence-electron chi connectivity index (χ0n) is 12.4. The van der Waals surface area contributed by atoms with Gasteiger partial charge in [-0.1, -0.05) is 49.6 Å². The minimum Gasteiger partial charge on any atom is -0.391 e. The highest BCUT2D eigenvalue weighted by molar-refractivity contribution is 5.28. The third-order valence-corrected chi connectivity index (χ3v) is 5.36. The first kappa shape index (κ1) is 14.1. The number of rotatable bonds is 4. The monoisotopic (exact) mass is 273 g/mol. The van der Waals surface area contributed by atoms with Crippen molar-refractivity contribution in [1.82, 2.24) is 4.90 Å². The molecule has 1 saturated carbocycles. The predicted octanol–water partition coefficient (Wildman–Crippen LogP) is 3.35. The van der Waals surface area contributed by atoms with Crippen LogP contribution >= 0.6 is 0 Å². The number of hydrogen-bond acceptors (Lipinski definition) is 2. The van der Waals surface area contributed by atoms with Gasteiger partial charge in [0.15, 0.2) is 0 Å². The Morgan fingerprint density at radius 3 is 2.25 bits per heavy atom. The summed E-state index contributed by atoms with van der Waals surface area (Å²) in [6.45, 7) is 3.19. The van der Waals surface area contributed by atoms with Crippen LogP contribution in [0, 0.1) is 0 Å². The molecule has 0 radical (unpaired) electrons. The molecule has 0 aromatic heterocycles. The molecule has 2 fully saturated rings. The molecule has 2 aliphatic rings. The van der Waals surface area contributed by atoms with E-state index in [1.165, 1.54) is 50.8 Å². The molecule has 1 heterocycles. The van der Waals surface area contributed by atoms with Crippen LogP contribution < -0.4 is 0 Å². The fourth-order valence-electron chi connectivity index (χ4n) is 4.15. The molecule has 1 atom stereocenters. The van der Waals surface area contributed by atoms with Crippen molar-refractivity contribution < 1.29 is 5.11 Å². The Labute approximate surface area is 122 Å². The smallest absolute Gasteiger partial charge is 0.0763 e. The number of hydrogen-bond donors (Lipinski definition) is 1. The number of aliphatic hydroxyl groups excluding tert-OH is 1. The molecule has 1 saturated heterocycles. The second-order valence-electron chi connectivity index (χ2n) is 6.61. The van der Waals surface area contributed by atoms with Crippen molar-refractivity contribution in [3.63, 3.8) is 0 Å². The summed E-state index contributed by atoms with van der Waals surface area (Å²) >= 11 is 0. The topological polar surface area (TPSA) is 23.5 Å². The third-order valence-electron chi connectivity index (χ3n) is 5.36. The summed E-state index contributed by atoms with van der Waals surface area (Å²) < 4.78 is 0. The first-order valence-electron chi connectivity index (χ1n) is 8.27. The van der Waals surface area contributed by atoms with Gasteiger partial charge in [0.1, 0.15) is 0 Å². The van der Waals surface area contributed by atoms with Gasteiger partial charge in [0, 0.05) is 12.0 Å². The lowest BCUT2D eigenvalue weighted by Gasteiger charge is -2.38. The van der Waals surface area contributed by atoms with Gasteiger partial charge in [0.2, 0.25) is 0 Å². The first-order chi connectivity index (χ1) is 9.81. The van der Waals surface area contributed by atoms with E-state index in [1.54, 1.807) is 0 Å². The molecule has 1 N–H and O–H groups in total. The number of piperidine rings is 1. The van der Waals surface area contributed by atoms with Crippen molar-refractivity contribution in [2.45, 2.75) is 56.5 Å². The van der Waals surface area contributed by atoms with Crippen LogP contribution in [-0.4, -0.2) is 35.7 Å². The summed E-state index contributed by atoms with van der Waals surface area (Å²) in [5.74, 6) is 0. The fourth-order valence-corrected chi connectivity index (χ4v) is 4.15. The highest BCUT2D eigenvalue weighted by Crippen LogP contribution is 2.44. The van der Waals surface area contributed by atoms with Crippen LogP contribution in [0.15, 0.2) is 30.3 Å². The Hall–Kier alpha value is -0.860. The lowest BCUT2D eigenvalue weighted by molar-refractivity contribution is 0.0385. The largest absolute Gasteiger partial charge is 0.391 e. The molecule has 110 valence electrons. The average Bonchev–Trinajstić information content (AvgIpc) is 3.00. The van der Waals surface area contributed by atoms with E-state index in [2.05, 4.69) is 35.2 Å². The van der Waals surface area contributed by atoms with Gasteiger partial charge in [-0.05, 0) is 44.3 Å². The molecule has 0 bridgehead atoms.